The van der Waals surface area contributed by atoms with E-state index in [2.05, 4.69) is 29.8 Å². The van der Waals surface area contributed by atoms with E-state index in [1.807, 2.05) is 106 Å². The molecular formula is C96H130ClCoN22NaO22PS2. The SMILES string of the molecule is C/C1=C2N=C(/C=C3N=C(/C(C)=C4\[N-]C(C(CC(N)=O)C4(C)CCC(=O)NCC(C)OP(=O)([O-])OC4C(CO)OC(n5cnc6cc(C)c(C)cc65)C4O)C4(C)N=C1C(CCC(N)=O)C4(C)CC(N)=O)C(CCC(N)=O)C\3(C)C)C(CCC(N)=O)C/2(C)CC(N)=O.Cc1c(N(C)CS(=O)(=O)[O-])c(=O)n(-c2ccccc2)n1C.Cc1ncc(CO)c(C=O)c1O.Cc1ncc(C[n+]2csc(CCO)c2C)c(N)n1.[C-]#N.[Cl-].[Co+3].[Na+]. The number of allylic oxidation sites excluding steroid dienone is 6. The Balaban J connectivity index is 0.000000464. The van der Waals surface area contributed by atoms with Crippen LogP contribution < -0.4 is 107 Å². The molecule has 0 spiro atoms. The molecule has 2 aromatic carbocycles. The van der Waals surface area contributed by atoms with E-state index in [-0.39, 0.29) is 172 Å². The fraction of sp³-hybridized carbons (Fsp3) is 0.521. The van der Waals surface area contributed by atoms with Gasteiger partial charge in [-0.25, -0.2) is 28.1 Å². The van der Waals surface area contributed by atoms with E-state index < -0.39 is 159 Å². The van der Waals surface area contributed by atoms with Crippen molar-refractivity contribution in [2.45, 2.75) is 236 Å². The Morgan fingerprint density at radius 2 is 1.41 bits per heavy atom. The summed E-state index contributed by atoms with van der Waals surface area (Å²) in [5.74, 6) is -7.09. The van der Waals surface area contributed by atoms with Crippen LogP contribution in [0.5, 0.6) is 5.75 Å². The first-order valence-corrected chi connectivity index (χ1v) is 50.1. The predicted octanol–water partition coefficient (Wildman–Crippen LogP) is -1.15. The number of carbonyl (C=O) groups excluding carboxylic acids is 8. The van der Waals surface area contributed by atoms with Gasteiger partial charge in [0.1, 0.15) is 57.4 Å². The summed E-state index contributed by atoms with van der Waals surface area (Å²) in [5, 5.41) is 63.4. The normalized spacial score (nSPS) is 24.9. The van der Waals surface area contributed by atoms with Crippen LogP contribution in [0, 0.1) is 98.7 Å². The van der Waals surface area contributed by atoms with E-state index in [0.29, 0.717) is 110 Å². The van der Waals surface area contributed by atoms with E-state index in [9.17, 15) is 80.9 Å². The molecule has 790 valence electrons. The zero-order valence-corrected chi connectivity index (χ0v) is 91.3. The molecule has 6 aliphatic rings. The molecular weight excluding hydrogens is 2030 g/mol. The summed E-state index contributed by atoms with van der Waals surface area (Å²) in [4.78, 5) is 165. The minimum absolute atomic E-state index is 0. The van der Waals surface area contributed by atoms with Crippen molar-refractivity contribution < 1.29 is 163 Å². The number of phosphoric acid groups is 1. The summed E-state index contributed by atoms with van der Waals surface area (Å²) in [6.07, 6.45) is -0.436. The minimum Gasteiger partial charge on any atom is -1.00 e. The number of amides is 7. The molecule has 44 nitrogen and oxygen atoms in total. The molecule has 15 unspecified atom stereocenters. The number of imidazole rings is 1. The van der Waals surface area contributed by atoms with E-state index in [4.69, 9.17) is 96.3 Å². The zero-order chi connectivity index (χ0) is 107. The number of ether oxygens (including phenoxy) is 1. The van der Waals surface area contributed by atoms with Crippen LogP contribution in [0.4, 0.5) is 11.5 Å². The molecule has 5 aromatic heterocycles. The van der Waals surface area contributed by atoms with Gasteiger partial charge in [-0.1, -0.05) is 70.2 Å². The largest absolute Gasteiger partial charge is 3.00 e. The van der Waals surface area contributed by atoms with Gasteiger partial charge >= 0.3 is 46.3 Å². The Morgan fingerprint density at radius 1 is 0.815 bits per heavy atom. The molecule has 6 aliphatic heterocycles. The summed E-state index contributed by atoms with van der Waals surface area (Å²) < 4.78 is 69.7. The number of hydrogen-bond acceptors (Lipinski definition) is 33. The van der Waals surface area contributed by atoms with Crippen LogP contribution in [-0.4, -0.2) is 206 Å². The van der Waals surface area contributed by atoms with Crippen LogP contribution in [0.25, 0.3) is 22.0 Å². The van der Waals surface area contributed by atoms with Crippen LogP contribution in [0.2, 0.25) is 0 Å². The van der Waals surface area contributed by atoms with E-state index in [1.165, 1.54) is 45.5 Å². The van der Waals surface area contributed by atoms with Crippen molar-refractivity contribution in [3.8, 4) is 11.4 Å². The fourth-order valence-corrected chi connectivity index (χ4v) is 23.0. The van der Waals surface area contributed by atoms with Crippen LogP contribution in [0.3, 0.4) is 0 Å². The first-order valence-electron chi connectivity index (χ1n) is 46.1. The monoisotopic (exact) mass is 2150 g/mol. The zero-order valence-electron chi connectivity index (χ0n) is 85.0. The van der Waals surface area contributed by atoms with Gasteiger partial charge in [0.2, 0.25) is 46.9 Å². The molecule has 0 aliphatic carbocycles. The second kappa shape index (κ2) is 51.0. The van der Waals surface area contributed by atoms with E-state index >= 15 is 0 Å². The minimum atomic E-state index is -5.32. The van der Waals surface area contributed by atoms with Gasteiger partial charge in [0.25, 0.3) is 13.4 Å². The van der Waals surface area contributed by atoms with Crippen LogP contribution in [-0.2, 0) is 105 Å². The number of aromatic nitrogens is 8. The summed E-state index contributed by atoms with van der Waals surface area (Å²) in [6, 6.07) is 11.6. The summed E-state index contributed by atoms with van der Waals surface area (Å²) >= 11 is 1.65. The number of nitrogens with zero attached hydrogens (tertiary/aromatic N) is 14. The molecule has 11 heterocycles. The quantitative estimate of drug-likeness (QED) is 0.00551. The number of halogens is 1. The van der Waals surface area contributed by atoms with Gasteiger partial charge in [-0.15, -0.1) is 0 Å². The van der Waals surface area contributed by atoms with Gasteiger partial charge in [-0.05, 0) is 152 Å². The number of aldehydes is 1. The Morgan fingerprint density at radius 3 is 1.97 bits per heavy atom. The fourth-order valence-electron chi connectivity index (χ4n) is 20.3. The molecule has 146 heavy (non-hydrogen) atoms. The molecule has 15 atom stereocenters. The first-order chi connectivity index (χ1) is 66.9. The Bertz CT molecular complexity index is 6490. The summed E-state index contributed by atoms with van der Waals surface area (Å²) in [5.41, 5.74) is 48.6. The number of benzene rings is 2. The molecule has 7 aromatic rings. The number of phosphoric ester groups is 1. The number of carbonyl (C=O) groups is 8. The average molecular weight is 2160 g/mol. The number of nitrogens with two attached hydrogens (primary N) is 7. The maximum atomic E-state index is 14.4. The maximum absolute atomic E-state index is 14.4. The number of anilines is 2. The molecule has 8 bridgehead atoms. The smallest absolute Gasteiger partial charge is 1.00 e. The van der Waals surface area contributed by atoms with Crippen molar-refractivity contribution in [1.82, 2.24) is 39.2 Å². The number of hydrogen-bond donors (Lipinski definition) is 13. The molecule has 13 rings (SSSR count). The first kappa shape index (κ1) is 124. The van der Waals surface area contributed by atoms with Crippen molar-refractivity contribution in [3.05, 3.63) is 179 Å². The Labute approximate surface area is 889 Å². The predicted molar refractivity (Wildman–Crippen MR) is 528 cm³/mol. The van der Waals surface area contributed by atoms with Gasteiger partial charge in [0.05, 0.1) is 81.0 Å². The number of aromatic hydroxyl groups is 1. The number of aliphatic hydroxyl groups excluding tert-OH is 4. The van der Waals surface area contributed by atoms with Crippen molar-refractivity contribution >= 4 is 117 Å². The van der Waals surface area contributed by atoms with Gasteiger partial charge in [0.15, 0.2) is 24.8 Å². The van der Waals surface area contributed by atoms with E-state index in [1.54, 1.807) is 74.3 Å². The topological polar surface area (TPSA) is 722 Å². The number of primary amides is 6. The van der Waals surface area contributed by atoms with Gasteiger partial charge in [-0.3, -0.25) is 72.4 Å². The third-order valence-electron chi connectivity index (χ3n) is 28.2. The molecule has 2 saturated heterocycles. The maximum Gasteiger partial charge on any atom is 3.00 e. The number of aryl methyl sites for hydroxylation is 4. The third kappa shape index (κ3) is 27.5. The Hall–Kier alpha value is -10.7. The number of fused-ring (bicyclic) bond motifs is 7. The van der Waals surface area contributed by atoms with Crippen LogP contribution >= 0.6 is 19.2 Å². The molecule has 0 radical (unpaired) electrons. The second-order valence-corrected chi connectivity index (χ2v) is 42.0. The van der Waals surface area contributed by atoms with Gasteiger partial charge in [-0.2, -0.15) is 10.3 Å². The number of nitrogen functional groups attached to an aromatic ring is 1. The van der Waals surface area contributed by atoms with Crippen LogP contribution in [0.15, 0.2) is 121 Å². The van der Waals surface area contributed by atoms with Gasteiger partial charge < -0.3 is 133 Å². The van der Waals surface area contributed by atoms with E-state index in [0.717, 1.165) is 22.4 Å². The number of aliphatic imine (C=N–C) groups is 3. The summed E-state index contributed by atoms with van der Waals surface area (Å²) in [7, 11) is -6.66. The van der Waals surface area contributed by atoms with Crippen molar-refractivity contribution in [2.75, 3.05) is 43.3 Å². The molecule has 20 N–H and O–H groups in total. The second-order valence-electron chi connectivity index (χ2n) is 38.4. The number of para-hydroxylation sites is 1. The molecule has 0 saturated carbocycles. The van der Waals surface area contributed by atoms with Gasteiger partial charge in [0, 0.05) is 160 Å². The number of rotatable bonds is 36. The van der Waals surface area contributed by atoms with Crippen molar-refractivity contribution in [1.29, 1.82) is 5.26 Å². The Kier molecular flexibility index (Phi) is 43.3. The number of pyridine rings is 1. The van der Waals surface area contributed by atoms with Crippen LogP contribution in [0.1, 0.15) is 200 Å². The molecule has 50 heteroatoms. The average Bonchev–Trinajstić information content (AvgIpc) is 1.52. The standard InChI is InChI=1S/C62H90N13O14P.C13H17N3O4S.C12H17N4OS.C8H9NO3.CN.ClH.Co.Na/c1-29-20-39-40(21-30(29)2)75(28-70-39)57-52(84)53(41(27-76)87-57)89-90(85,86)88-31(3)26-69-49(83)18-19-59(8)37(22-46(66)80)56-62(11)61(10,25-48(68)82)36(14-17-45(65)79)51(74-62)33(5)55-60(9,24-47(67)81)34(12-15-43(63)77)38(71-55)23-42-58(6,7)35(13-16-44(64)78)50(72-42)32(4)54(59)73-56;1-10-12(14(2)9-21(18,19)20)13(17)16(15(10)3)11-7-5-4-6-8-11;1-8-11(3-4-17)18-7-16(8)6-10-5-14-9(2)15-12(10)13;1-5-8(12)7(4-11)6(3-10)2-9-5;1-2;;;/h20-21,23,28,31,34-37,41,52-53,56-57,76,84H,12-19,22,24-27H2,1-11H3,(H15,63,64,65,66,67,68,69,71,72,73,74,77,78,79,80,81,82,83,85,86);4-8H,9H2,1-3H3,(H,18,19,20);5,7,17H,3-4,6H2,1-2H3,(H2,13,14,15);2,4,10,12H,3H2,1H3;;1H;;/q;;+1;;-1;;+3;+1/p-4. The molecule has 7 amide bonds. The number of thiazole rings is 1. The number of aliphatic hydroxyl groups is 4. The van der Waals surface area contributed by atoms with Crippen molar-refractivity contribution in [3.63, 3.8) is 0 Å². The molecule has 2 fully saturated rings. The summed E-state index contributed by atoms with van der Waals surface area (Å²) in [6.45, 7) is 31.4. The number of nitrogens with one attached hydrogen (secondary N) is 1. The third-order valence-corrected chi connectivity index (χ3v) is 31.2. The van der Waals surface area contributed by atoms with Crippen molar-refractivity contribution in [2.24, 2.45) is 102 Å².